The maximum Gasteiger partial charge on any atom is 0.129 e. The van der Waals surface area contributed by atoms with Crippen LogP contribution in [0.25, 0.3) is 6.08 Å². The molecule has 0 bridgehead atoms. The van der Waals surface area contributed by atoms with E-state index in [9.17, 15) is 0 Å². The van der Waals surface area contributed by atoms with Crippen LogP contribution in [0.2, 0.25) is 0 Å². The van der Waals surface area contributed by atoms with Crippen LogP contribution in [0, 0.1) is 6.92 Å². The van der Waals surface area contributed by atoms with Crippen molar-refractivity contribution in [3.63, 3.8) is 0 Å². The van der Waals surface area contributed by atoms with Gasteiger partial charge in [0, 0.05) is 5.56 Å². The van der Waals surface area contributed by atoms with Crippen LogP contribution >= 0.6 is 0 Å². The van der Waals surface area contributed by atoms with E-state index in [1.807, 2.05) is 47.6 Å². The molecule has 0 aliphatic rings. The Morgan fingerprint density at radius 1 is 1.04 bits per heavy atom. The molecule has 1 aromatic rings. The summed E-state index contributed by atoms with van der Waals surface area (Å²) < 4.78 is 5.51. The smallest absolute Gasteiger partial charge is 0.129 e. The summed E-state index contributed by atoms with van der Waals surface area (Å²) in [4.78, 5) is 0. The van der Waals surface area contributed by atoms with Crippen molar-refractivity contribution in [3.8, 4) is 5.75 Å². The summed E-state index contributed by atoms with van der Waals surface area (Å²) in [7, 11) is 1.73. The van der Waals surface area contributed by atoms with Crippen molar-refractivity contribution in [2.75, 3.05) is 7.11 Å². The molecule has 1 nitrogen and oxygen atoms in total. The SMILES string of the molecule is C=Cc1cc(C(C)(C)C)c(CC)c(C)c1OC.CC.CC.CC. The first-order valence-electron chi connectivity index (χ1n) is 9.20. The second kappa shape index (κ2) is 14.4. The van der Waals surface area contributed by atoms with Crippen molar-refractivity contribution in [3.05, 3.63) is 34.9 Å². The van der Waals surface area contributed by atoms with Gasteiger partial charge in [0.25, 0.3) is 0 Å². The average molecular weight is 323 g/mol. The molecule has 0 radical (unpaired) electrons. The fourth-order valence-electron chi connectivity index (χ4n) is 2.41. The van der Waals surface area contributed by atoms with Crippen LogP contribution in [-0.2, 0) is 11.8 Å². The molecule has 0 saturated heterocycles. The molecular weight excluding hydrogens is 280 g/mol. The van der Waals surface area contributed by atoms with Gasteiger partial charge in [0.15, 0.2) is 0 Å². The highest BCUT2D eigenvalue weighted by molar-refractivity contribution is 5.63. The van der Waals surface area contributed by atoms with E-state index in [1.54, 1.807) is 7.11 Å². The number of hydrogen-bond donors (Lipinski definition) is 0. The summed E-state index contributed by atoms with van der Waals surface area (Å²) in [6, 6.07) is 2.22. The van der Waals surface area contributed by atoms with E-state index in [-0.39, 0.29) is 5.41 Å². The van der Waals surface area contributed by atoms with E-state index in [2.05, 4.69) is 47.3 Å². The molecule has 23 heavy (non-hydrogen) atoms. The summed E-state index contributed by atoms with van der Waals surface area (Å²) in [5.41, 5.74) is 5.29. The highest BCUT2D eigenvalue weighted by Gasteiger charge is 2.21. The zero-order valence-corrected chi connectivity index (χ0v) is 18.0. The first kappa shape index (κ1) is 26.6. The minimum atomic E-state index is 0.153. The third-order valence-electron chi connectivity index (χ3n) is 3.27. The number of rotatable bonds is 3. The Bertz CT molecular complexity index is 423. The van der Waals surface area contributed by atoms with Gasteiger partial charge in [0.05, 0.1) is 7.11 Å². The predicted molar refractivity (Wildman–Crippen MR) is 110 cm³/mol. The lowest BCUT2D eigenvalue weighted by Crippen LogP contribution is -2.16. The van der Waals surface area contributed by atoms with Crippen molar-refractivity contribution in [2.45, 2.75) is 88.0 Å². The fraction of sp³-hybridized carbons (Fsp3) is 0.636. The van der Waals surface area contributed by atoms with Gasteiger partial charge in [-0.15, -0.1) is 0 Å². The standard InChI is InChI=1S/C16H24O.3C2H6/c1-8-12-10-14(16(4,5)6)13(9-2)11(3)15(12)17-7;3*1-2/h8,10H,1,9H2,2-7H3;3*1-2H3. The van der Waals surface area contributed by atoms with Gasteiger partial charge in [-0.2, -0.15) is 0 Å². The van der Waals surface area contributed by atoms with Crippen molar-refractivity contribution in [1.82, 2.24) is 0 Å². The molecule has 0 heterocycles. The minimum absolute atomic E-state index is 0.153. The highest BCUT2D eigenvalue weighted by atomic mass is 16.5. The number of methoxy groups -OCH3 is 1. The molecule has 0 aromatic heterocycles. The molecule has 0 spiro atoms. The molecule has 0 aliphatic heterocycles. The first-order chi connectivity index (χ1) is 10.9. The summed E-state index contributed by atoms with van der Waals surface area (Å²) in [6.07, 6.45) is 2.91. The van der Waals surface area contributed by atoms with Gasteiger partial charge in [-0.05, 0) is 41.5 Å². The van der Waals surface area contributed by atoms with Gasteiger partial charge >= 0.3 is 0 Å². The summed E-state index contributed by atoms with van der Waals surface area (Å²) in [5, 5.41) is 0. The third kappa shape index (κ3) is 7.72. The van der Waals surface area contributed by atoms with E-state index < -0.39 is 0 Å². The Balaban J connectivity index is -0.000000595. The lowest BCUT2D eigenvalue weighted by atomic mass is 9.80. The molecule has 0 saturated carbocycles. The molecule has 0 unspecified atom stereocenters. The van der Waals surface area contributed by atoms with Crippen LogP contribution in [-0.4, -0.2) is 7.11 Å². The highest BCUT2D eigenvalue weighted by Crippen LogP contribution is 2.36. The Morgan fingerprint density at radius 2 is 1.48 bits per heavy atom. The molecule has 1 heteroatoms. The van der Waals surface area contributed by atoms with Crippen LogP contribution < -0.4 is 4.74 Å². The van der Waals surface area contributed by atoms with Gasteiger partial charge in [-0.3, -0.25) is 0 Å². The van der Waals surface area contributed by atoms with E-state index in [0.717, 1.165) is 17.7 Å². The Morgan fingerprint density at radius 3 is 1.74 bits per heavy atom. The first-order valence-corrected chi connectivity index (χ1v) is 9.20. The van der Waals surface area contributed by atoms with Crippen molar-refractivity contribution >= 4 is 6.08 Å². The van der Waals surface area contributed by atoms with Crippen LogP contribution in [0.3, 0.4) is 0 Å². The number of ether oxygens (including phenoxy) is 1. The summed E-state index contributed by atoms with van der Waals surface area (Å²) in [6.45, 7) is 27.0. The normalized spacial score (nSPS) is 9.22. The maximum absolute atomic E-state index is 5.51. The van der Waals surface area contributed by atoms with Gasteiger partial charge in [0.1, 0.15) is 5.75 Å². The number of hydrogen-bond acceptors (Lipinski definition) is 1. The number of benzene rings is 1. The second-order valence-corrected chi connectivity index (χ2v) is 5.46. The second-order valence-electron chi connectivity index (χ2n) is 5.46. The van der Waals surface area contributed by atoms with Gasteiger partial charge in [-0.1, -0.05) is 81.9 Å². The Labute approximate surface area is 147 Å². The largest absolute Gasteiger partial charge is 0.496 e. The molecule has 0 amide bonds. The molecule has 0 N–H and O–H groups in total. The summed E-state index contributed by atoms with van der Waals surface area (Å²) >= 11 is 0. The van der Waals surface area contributed by atoms with Crippen LogP contribution in [0.4, 0.5) is 0 Å². The maximum atomic E-state index is 5.51. The topological polar surface area (TPSA) is 9.23 Å². The Kier molecular flexibility index (Phi) is 16.6. The van der Waals surface area contributed by atoms with Crippen LogP contribution in [0.5, 0.6) is 5.75 Å². The molecule has 1 aromatic carbocycles. The average Bonchev–Trinajstić information content (AvgIpc) is 2.58. The molecule has 1 rings (SSSR count). The third-order valence-corrected chi connectivity index (χ3v) is 3.27. The Hall–Kier alpha value is -1.24. The molecular formula is C22H42O. The van der Waals surface area contributed by atoms with E-state index >= 15 is 0 Å². The zero-order valence-electron chi connectivity index (χ0n) is 18.0. The monoisotopic (exact) mass is 322 g/mol. The molecule has 0 fully saturated rings. The molecule has 0 atom stereocenters. The zero-order chi connectivity index (χ0) is 19.2. The molecule has 136 valence electrons. The predicted octanol–water partition coefficient (Wildman–Crippen LogP) is 7.59. The van der Waals surface area contributed by atoms with E-state index in [1.165, 1.54) is 16.7 Å². The van der Waals surface area contributed by atoms with Gasteiger partial charge in [0.2, 0.25) is 0 Å². The summed E-state index contributed by atoms with van der Waals surface area (Å²) in [5.74, 6) is 0.963. The lowest BCUT2D eigenvalue weighted by Gasteiger charge is -2.26. The van der Waals surface area contributed by atoms with Gasteiger partial charge in [-0.25, -0.2) is 0 Å². The van der Waals surface area contributed by atoms with E-state index in [4.69, 9.17) is 4.74 Å². The van der Waals surface area contributed by atoms with E-state index in [0.29, 0.717) is 0 Å². The van der Waals surface area contributed by atoms with Crippen molar-refractivity contribution in [1.29, 1.82) is 0 Å². The quantitative estimate of drug-likeness (QED) is 0.557. The fourth-order valence-corrected chi connectivity index (χ4v) is 2.41. The van der Waals surface area contributed by atoms with Crippen LogP contribution in [0.1, 0.15) is 91.5 Å². The van der Waals surface area contributed by atoms with Crippen LogP contribution in [0.15, 0.2) is 12.6 Å². The molecule has 0 aliphatic carbocycles. The van der Waals surface area contributed by atoms with Crippen molar-refractivity contribution in [2.24, 2.45) is 0 Å². The lowest BCUT2D eigenvalue weighted by molar-refractivity contribution is 0.409. The van der Waals surface area contributed by atoms with Gasteiger partial charge < -0.3 is 4.74 Å². The minimum Gasteiger partial charge on any atom is -0.496 e. The van der Waals surface area contributed by atoms with Crippen molar-refractivity contribution < 1.29 is 4.74 Å².